The van der Waals surface area contributed by atoms with E-state index in [9.17, 15) is 4.79 Å². The zero-order valence-corrected chi connectivity index (χ0v) is 12.7. The lowest BCUT2D eigenvalue weighted by atomic mass is 9.87. The molecule has 22 heavy (non-hydrogen) atoms. The van der Waals surface area contributed by atoms with Gasteiger partial charge in [-0.3, -0.25) is 9.63 Å². The molecule has 3 heterocycles. The first kappa shape index (κ1) is 13.8. The van der Waals surface area contributed by atoms with Gasteiger partial charge in [-0.25, -0.2) is 0 Å². The average Bonchev–Trinajstić information content (AvgIpc) is 2.79. The molecule has 0 unspecified atom stereocenters. The zero-order valence-electron chi connectivity index (χ0n) is 12.7. The van der Waals surface area contributed by atoms with Gasteiger partial charge in [-0.2, -0.15) is 5.06 Å². The van der Waals surface area contributed by atoms with Gasteiger partial charge in [0, 0.05) is 23.1 Å². The molecule has 1 fully saturated rings. The van der Waals surface area contributed by atoms with Crippen LogP contribution in [0.1, 0.15) is 30.1 Å². The molecule has 0 bridgehead atoms. The van der Waals surface area contributed by atoms with Gasteiger partial charge in [0.1, 0.15) is 0 Å². The van der Waals surface area contributed by atoms with Gasteiger partial charge in [0.25, 0.3) is 0 Å². The van der Waals surface area contributed by atoms with Crippen molar-refractivity contribution in [3.05, 3.63) is 35.5 Å². The number of para-hydroxylation sites is 1. The molecule has 2 aromatic rings. The van der Waals surface area contributed by atoms with Crippen LogP contribution in [-0.4, -0.2) is 36.3 Å². The van der Waals surface area contributed by atoms with Crippen LogP contribution in [0.2, 0.25) is 0 Å². The number of benzene rings is 1. The lowest BCUT2D eigenvalue weighted by molar-refractivity contribution is -0.197. The topological polar surface area (TPSA) is 54.6 Å². The maximum atomic E-state index is 12.3. The number of nitrogens with zero attached hydrogens (tertiary/aromatic N) is 1. The van der Waals surface area contributed by atoms with E-state index in [1.165, 1.54) is 18.1 Å². The number of hydroxylamine groups is 2. The molecule has 2 aliphatic rings. The van der Waals surface area contributed by atoms with Gasteiger partial charge in [0.15, 0.2) is 0 Å². The number of aromatic amines is 1. The smallest absolute Gasteiger partial charge is 0.310 e. The highest BCUT2D eigenvalue weighted by molar-refractivity contribution is 5.85. The number of methoxy groups -OCH3 is 1. The van der Waals surface area contributed by atoms with Crippen molar-refractivity contribution < 1.29 is 14.4 Å². The maximum absolute atomic E-state index is 12.3. The summed E-state index contributed by atoms with van der Waals surface area (Å²) in [4.78, 5) is 21.7. The van der Waals surface area contributed by atoms with Crippen molar-refractivity contribution in [2.24, 2.45) is 5.92 Å². The van der Waals surface area contributed by atoms with Crippen molar-refractivity contribution in [1.29, 1.82) is 0 Å². The molecule has 5 heteroatoms. The monoisotopic (exact) mass is 300 g/mol. The van der Waals surface area contributed by atoms with Gasteiger partial charge in [-0.15, -0.1) is 0 Å². The molecule has 4 rings (SSSR count). The molecule has 0 amide bonds. The molecule has 2 atom stereocenters. The van der Waals surface area contributed by atoms with Crippen LogP contribution in [0.3, 0.4) is 0 Å². The second-order valence-corrected chi connectivity index (χ2v) is 6.00. The average molecular weight is 300 g/mol. The Morgan fingerprint density at radius 3 is 3.14 bits per heavy atom. The summed E-state index contributed by atoms with van der Waals surface area (Å²) in [6.45, 7) is 1.48. The van der Waals surface area contributed by atoms with Crippen LogP contribution < -0.4 is 0 Å². The summed E-state index contributed by atoms with van der Waals surface area (Å²) in [6.07, 6.45) is 2.61. The van der Waals surface area contributed by atoms with E-state index in [0.29, 0.717) is 6.61 Å². The van der Waals surface area contributed by atoms with E-state index < -0.39 is 0 Å². The van der Waals surface area contributed by atoms with Gasteiger partial charge in [0.05, 0.1) is 25.7 Å². The van der Waals surface area contributed by atoms with Crippen molar-refractivity contribution in [2.75, 3.05) is 20.3 Å². The van der Waals surface area contributed by atoms with Gasteiger partial charge >= 0.3 is 5.97 Å². The second-order valence-electron chi connectivity index (χ2n) is 6.00. The number of carbonyl (C=O) groups excluding carboxylic acids is 1. The fourth-order valence-corrected chi connectivity index (χ4v) is 3.84. The first-order valence-electron chi connectivity index (χ1n) is 7.86. The molecule has 5 nitrogen and oxygen atoms in total. The lowest BCUT2D eigenvalue weighted by Crippen LogP contribution is -2.40. The minimum atomic E-state index is -0.181. The minimum Gasteiger partial charge on any atom is -0.469 e. The van der Waals surface area contributed by atoms with E-state index in [-0.39, 0.29) is 17.9 Å². The predicted molar refractivity (Wildman–Crippen MR) is 82.1 cm³/mol. The predicted octanol–water partition coefficient (Wildman–Crippen LogP) is 2.58. The second kappa shape index (κ2) is 5.41. The standard InChI is InChI=1S/C17H20N2O3/c1-21-17(20)13-6-4-10-22-19-9-8-12-11-5-2-3-7-14(11)18-15(12)16(13)19/h2-3,5,7,13,16,18H,4,6,8-10H2,1H3/t13-,16+/m1/s1. The Morgan fingerprint density at radius 1 is 1.41 bits per heavy atom. The van der Waals surface area contributed by atoms with Crippen LogP contribution in [0, 0.1) is 5.92 Å². The Labute approximate surface area is 129 Å². The highest BCUT2D eigenvalue weighted by Crippen LogP contribution is 2.41. The molecule has 0 radical (unpaired) electrons. The number of H-pyrrole nitrogens is 1. The number of hydrogen-bond donors (Lipinski definition) is 1. The van der Waals surface area contributed by atoms with Crippen LogP contribution in [0.4, 0.5) is 0 Å². The van der Waals surface area contributed by atoms with E-state index >= 15 is 0 Å². The van der Waals surface area contributed by atoms with Crippen molar-refractivity contribution in [1.82, 2.24) is 10.0 Å². The van der Waals surface area contributed by atoms with E-state index in [2.05, 4.69) is 23.2 Å². The van der Waals surface area contributed by atoms with Crippen molar-refractivity contribution in [3.8, 4) is 0 Å². The highest BCUT2D eigenvalue weighted by atomic mass is 16.7. The fourth-order valence-electron chi connectivity index (χ4n) is 3.84. The Morgan fingerprint density at radius 2 is 2.27 bits per heavy atom. The Kier molecular flexibility index (Phi) is 3.39. The quantitative estimate of drug-likeness (QED) is 0.823. The third-order valence-corrected chi connectivity index (χ3v) is 4.84. The number of fused-ring (bicyclic) bond motifs is 5. The molecule has 1 saturated heterocycles. The van der Waals surface area contributed by atoms with Gasteiger partial charge < -0.3 is 9.72 Å². The van der Waals surface area contributed by atoms with Crippen LogP contribution in [0.15, 0.2) is 24.3 Å². The molecule has 1 aromatic heterocycles. The van der Waals surface area contributed by atoms with Crippen molar-refractivity contribution in [2.45, 2.75) is 25.3 Å². The molecular formula is C17H20N2O3. The molecule has 1 aromatic carbocycles. The zero-order chi connectivity index (χ0) is 15.1. The Balaban J connectivity index is 1.85. The summed E-state index contributed by atoms with van der Waals surface area (Å²) in [5.74, 6) is -0.327. The molecule has 2 aliphatic heterocycles. The van der Waals surface area contributed by atoms with E-state index in [4.69, 9.17) is 9.57 Å². The first-order valence-corrected chi connectivity index (χ1v) is 7.86. The van der Waals surface area contributed by atoms with Crippen LogP contribution in [-0.2, 0) is 20.8 Å². The van der Waals surface area contributed by atoms with Crippen LogP contribution in [0.25, 0.3) is 10.9 Å². The Bertz CT molecular complexity index is 709. The summed E-state index contributed by atoms with van der Waals surface area (Å²) in [6, 6.07) is 8.24. The maximum Gasteiger partial charge on any atom is 0.310 e. The molecule has 0 aliphatic carbocycles. The van der Waals surface area contributed by atoms with E-state index in [1.807, 2.05) is 11.1 Å². The summed E-state index contributed by atoms with van der Waals surface area (Å²) < 4.78 is 5.05. The normalized spacial score (nSPS) is 25.3. The lowest BCUT2D eigenvalue weighted by Gasteiger charge is -2.36. The number of hydrogen-bond acceptors (Lipinski definition) is 4. The minimum absolute atomic E-state index is 0.0777. The number of rotatable bonds is 1. The number of ether oxygens (including phenoxy) is 1. The molecule has 0 saturated carbocycles. The molecule has 1 N–H and O–H groups in total. The third-order valence-electron chi connectivity index (χ3n) is 4.84. The number of aromatic nitrogens is 1. The van der Waals surface area contributed by atoms with Crippen LogP contribution >= 0.6 is 0 Å². The van der Waals surface area contributed by atoms with Gasteiger partial charge in [-0.05, 0) is 30.9 Å². The van der Waals surface area contributed by atoms with E-state index in [0.717, 1.165) is 37.0 Å². The molecular weight excluding hydrogens is 280 g/mol. The molecule has 0 spiro atoms. The third kappa shape index (κ3) is 2.04. The summed E-state index contributed by atoms with van der Waals surface area (Å²) in [7, 11) is 1.47. The number of esters is 1. The van der Waals surface area contributed by atoms with Crippen molar-refractivity contribution >= 4 is 16.9 Å². The number of nitrogens with one attached hydrogen (secondary N) is 1. The van der Waals surface area contributed by atoms with Gasteiger partial charge in [0.2, 0.25) is 0 Å². The first-order chi connectivity index (χ1) is 10.8. The Hall–Kier alpha value is -1.85. The van der Waals surface area contributed by atoms with Gasteiger partial charge in [-0.1, -0.05) is 18.2 Å². The summed E-state index contributed by atoms with van der Waals surface area (Å²) in [5, 5.41) is 3.23. The number of carbonyl (C=O) groups is 1. The van der Waals surface area contributed by atoms with Crippen molar-refractivity contribution in [3.63, 3.8) is 0 Å². The highest BCUT2D eigenvalue weighted by Gasteiger charge is 2.41. The summed E-state index contributed by atoms with van der Waals surface area (Å²) >= 11 is 0. The summed E-state index contributed by atoms with van der Waals surface area (Å²) in [5.41, 5.74) is 3.56. The molecule has 116 valence electrons. The van der Waals surface area contributed by atoms with Crippen LogP contribution in [0.5, 0.6) is 0 Å². The fraction of sp³-hybridized carbons (Fsp3) is 0.471. The van der Waals surface area contributed by atoms with E-state index in [1.54, 1.807) is 0 Å². The SMILES string of the molecule is COC(=O)[C@@H]1CCCON2CCc3c([nH]c4ccccc34)[C@H]12. The largest absolute Gasteiger partial charge is 0.469 e.